The Morgan fingerprint density at radius 1 is 1.15 bits per heavy atom. The van der Waals surface area contributed by atoms with Gasteiger partial charge in [0.2, 0.25) is 0 Å². The second-order valence-corrected chi connectivity index (χ2v) is 8.10. The van der Waals surface area contributed by atoms with E-state index < -0.39 is 8.32 Å². The second-order valence-electron chi connectivity index (χ2n) is 3.98. The molecule has 3 heteroatoms. The van der Waals surface area contributed by atoms with E-state index in [1.807, 2.05) is 25.2 Å². The van der Waals surface area contributed by atoms with Crippen LogP contribution in [-0.4, -0.2) is 18.2 Å². The van der Waals surface area contributed by atoms with Crippen molar-refractivity contribution in [2.45, 2.75) is 25.6 Å². The topological polar surface area (TPSA) is 40.5 Å². The molecule has 72 valence electrons. The van der Waals surface area contributed by atoms with Crippen LogP contribution in [0.4, 0.5) is 0 Å². The summed E-state index contributed by atoms with van der Waals surface area (Å²) in [5, 5.41) is 9.04. The van der Waals surface area contributed by atoms with Crippen molar-refractivity contribution < 1.29 is 9.90 Å². The first-order valence-corrected chi connectivity index (χ1v) is 7.63. The molecule has 0 bridgehead atoms. The molecular weight excluding hydrogens is 180 g/mol. The molecule has 0 radical (unpaired) electrons. The van der Waals surface area contributed by atoms with Gasteiger partial charge in [0.05, 0.1) is 0 Å². The van der Waals surface area contributed by atoms with Crippen LogP contribution in [0.1, 0.15) is 5.56 Å². The molecule has 0 saturated carbocycles. The zero-order valence-corrected chi connectivity index (χ0v) is 9.12. The average molecular weight is 196 g/mol. The lowest BCUT2D eigenvalue weighted by atomic mass is 10.2. The largest absolute Gasteiger partial charge is 0.508 e. The van der Waals surface area contributed by atoms with Gasteiger partial charge in [0.25, 0.3) is 0 Å². The molecule has 1 aromatic carbocycles. The van der Waals surface area contributed by atoms with Gasteiger partial charge in [-0.25, -0.2) is 0 Å². The fraction of sp³-hybridized carbons (Fsp3) is 0.400. The van der Waals surface area contributed by atoms with Gasteiger partial charge in [0, 0.05) is 0 Å². The van der Waals surface area contributed by atoms with Crippen LogP contribution in [-0.2, 0) is 6.42 Å². The van der Waals surface area contributed by atoms with Crippen LogP contribution >= 0.6 is 0 Å². The van der Waals surface area contributed by atoms with Crippen LogP contribution in [0, 0.1) is 0 Å². The number of hydrogen-bond donors (Lipinski definition) is 2. The van der Waals surface area contributed by atoms with E-state index in [1.165, 1.54) is 5.56 Å². The fourth-order valence-electron chi connectivity index (χ4n) is 1.11. The zero-order valence-electron chi connectivity index (χ0n) is 8.12. The number of rotatable bonds is 3. The lowest BCUT2D eigenvalue weighted by Crippen LogP contribution is -2.25. The quantitative estimate of drug-likeness (QED) is 0.727. The summed E-state index contributed by atoms with van der Waals surface area (Å²) in [6, 6.07) is 8.03. The number of hydrogen-bond acceptors (Lipinski definition) is 2. The van der Waals surface area contributed by atoms with Crippen LogP contribution in [0.5, 0.6) is 5.75 Å². The lowest BCUT2D eigenvalue weighted by Gasteiger charge is -2.13. The van der Waals surface area contributed by atoms with Crippen LogP contribution in [0.2, 0.25) is 19.1 Å². The summed E-state index contributed by atoms with van der Waals surface area (Å²) in [6.07, 6.45) is 0.899. The molecule has 0 fully saturated rings. The Kier molecular flexibility index (Phi) is 3.11. The normalized spacial score (nSPS) is 11.6. The SMILES string of the molecule is C[Si](C)(O)CCc1ccc(O)cc1. The third-order valence-corrected chi connectivity index (χ3v) is 3.44. The maximum Gasteiger partial charge on any atom is 0.182 e. The van der Waals surface area contributed by atoms with Crippen molar-refractivity contribution in [2.75, 3.05) is 0 Å². The van der Waals surface area contributed by atoms with Crippen molar-refractivity contribution in [3.8, 4) is 5.75 Å². The Hall–Kier alpha value is -0.803. The number of phenols is 1. The Morgan fingerprint density at radius 2 is 1.69 bits per heavy atom. The Labute approximate surface area is 80.0 Å². The Balaban J connectivity index is 2.51. The first-order chi connectivity index (χ1) is 5.97. The van der Waals surface area contributed by atoms with E-state index >= 15 is 0 Å². The van der Waals surface area contributed by atoms with E-state index in [2.05, 4.69) is 0 Å². The van der Waals surface area contributed by atoms with Crippen molar-refractivity contribution in [3.63, 3.8) is 0 Å². The first kappa shape index (κ1) is 10.3. The molecule has 0 aliphatic heterocycles. The van der Waals surface area contributed by atoms with Gasteiger partial charge < -0.3 is 9.90 Å². The number of aromatic hydroxyl groups is 1. The van der Waals surface area contributed by atoms with Crippen LogP contribution in [0.25, 0.3) is 0 Å². The number of phenolic OH excluding ortho intramolecular Hbond substituents is 1. The van der Waals surface area contributed by atoms with Crippen LogP contribution < -0.4 is 0 Å². The van der Waals surface area contributed by atoms with Crippen LogP contribution in [0.3, 0.4) is 0 Å². The Bertz CT molecular complexity index is 261. The lowest BCUT2D eigenvalue weighted by molar-refractivity contribution is 0.475. The molecule has 0 amide bonds. The minimum atomic E-state index is -1.92. The fourth-order valence-corrected chi connectivity index (χ4v) is 2.01. The molecule has 0 saturated heterocycles. The summed E-state index contributed by atoms with van der Waals surface area (Å²) in [5.41, 5.74) is 1.17. The molecule has 0 unspecified atom stereocenters. The molecule has 1 rings (SSSR count). The van der Waals surface area contributed by atoms with Crippen molar-refractivity contribution in [3.05, 3.63) is 29.8 Å². The summed E-state index contributed by atoms with van der Waals surface area (Å²) >= 11 is 0. The molecule has 0 aromatic heterocycles. The van der Waals surface area contributed by atoms with Gasteiger partial charge in [-0.05, 0) is 43.3 Å². The maximum atomic E-state index is 9.62. The average Bonchev–Trinajstić information content (AvgIpc) is 2.02. The van der Waals surface area contributed by atoms with Gasteiger partial charge in [0.15, 0.2) is 8.32 Å². The van der Waals surface area contributed by atoms with E-state index in [-0.39, 0.29) is 0 Å². The van der Waals surface area contributed by atoms with E-state index in [4.69, 9.17) is 5.11 Å². The van der Waals surface area contributed by atoms with Crippen molar-refractivity contribution in [1.82, 2.24) is 0 Å². The monoisotopic (exact) mass is 196 g/mol. The van der Waals surface area contributed by atoms with E-state index in [1.54, 1.807) is 12.1 Å². The van der Waals surface area contributed by atoms with E-state index in [0.717, 1.165) is 12.5 Å². The predicted octanol–water partition coefficient (Wildman–Crippen LogP) is 2.13. The number of aryl methyl sites for hydroxylation is 1. The standard InChI is InChI=1S/C10H16O2Si/c1-13(2,12)8-7-9-3-5-10(11)6-4-9/h3-6,11-12H,7-8H2,1-2H3. The zero-order chi connectivity index (χ0) is 9.90. The highest BCUT2D eigenvalue weighted by atomic mass is 28.4. The van der Waals surface area contributed by atoms with Gasteiger partial charge in [-0.15, -0.1) is 0 Å². The third-order valence-electron chi connectivity index (χ3n) is 1.96. The summed E-state index contributed by atoms with van der Waals surface area (Å²) in [6.45, 7) is 3.88. The second kappa shape index (κ2) is 3.94. The van der Waals surface area contributed by atoms with Gasteiger partial charge >= 0.3 is 0 Å². The molecule has 0 aliphatic carbocycles. The van der Waals surface area contributed by atoms with E-state index in [0.29, 0.717) is 5.75 Å². The summed E-state index contributed by atoms with van der Waals surface area (Å²) in [7, 11) is -1.92. The van der Waals surface area contributed by atoms with Gasteiger partial charge in [-0.2, -0.15) is 0 Å². The molecule has 2 N–H and O–H groups in total. The molecule has 0 heterocycles. The molecular formula is C10H16O2Si. The summed E-state index contributed by atoms with van der Waals surface area (Å²) in [5.74, 6) is 0.296. The molecule has 0 atom stereocenters. The molecule has 2 nitrogen and oxygen atoms in total. The highest BCUT2D eigenvalue weighted by Gasteiger charge is 2.15. The van der Waals surface area contributed by atoms with Crippen molar-refractivity contribution >= 4 is 8.32 Å². The van der Waals surface area contributed by atoms with Gasteiger partial charge in [0.1, 0.15) is 5.75 Å². The van der Waals surface area contributed by atoms with Crippen molar-refractivity contribution in [2.24, 2.45) is 0 Å². The maximum absolute atomic E-state index is 9.62. The highest BCUT2D eigenvalue weighted by Crippen LogP contribution is 2.14. The van der Waals surface area contributed by atoms with E-state index in [9.17, 15) is 4.80 Å². The highest BCUT2D eigenvalue weighted by molar-refractivity contribution is 6.69. The predicted molar refractivity (Wildman–Crippen MR) is 56.3 cm³/mol. The molecule has 0 aliphatic rings. The minimum absolute atomic E-state index is 0.296. The molecule has 1 aromatic rings. The third kappa shape index (κ3) is 4.10. The Morgan fingerprint density at radius 3 is 2.15 bits per heavy atom. The van der Waals surface area contributed by atoms with Gasteiger partial charge in [-0.3, -0.25) is 0 Å². The summed E-state index contributed by atoms with van der Waals surface area (Å²) in [4.78, 5) is 9.62. The molecule has 13 heavy (non-hydrogen) atoms. The van der Waals surface area contributed by atoms with Crippen LogP contribution in [0.15, 0.2) is 24.3 Å². The van der Waals surface area contributed by atoms with Gasteiger partial charge in [-0.1, -0.05) is 12.1 Å². The summed E-state index contributed by atoms with van der Waals surface area (Å²) < 4.78 is 0. The van der Waals surface area contributed by atoms with Crippen molar-refractivity contribution in [1.29, 1.82) is 0 Å². The first-order valence-electron chi connectivity index (χ1n) is 4.48. The minimum Gasteiger partial charge on any atom is -0.508 e. The molecule has 0 spiro atoms. The number of benzene rings is 1. The smallest absolute Gasteiger partial charge is 0.182 e.